The van der Waals surface area contributed by atoms with E-state index >= 15 is 0 Å². The Bertz CT molecular complexity index is 566. The van der Waals surface area contributed by atoms with Crippen LogP contribution in [-0.2, 0) is 0 Å². The first-order valence-electron chi connectivity index (χ1n) is 9.50. The Morgan fingerprint density at radius 3 is 2.50 bits per heavy atom. The molecule has 2 fully saturated rings. The van der Waals surface area contributed by atoms with Crippen LogP contribution in [0.3, 0.4) is 0 Å². The average Bonchev–Trinajstić information content (AvgIpc) is 3.15. The van der Waals surface area contributed by atoms with Crippen molar-refractivity contribution in [3.05, 3.63) is 29.8 Å². The Kier molecular flexibility index (Phi) is 5.44. The van der Waals surface area contributed by atoms with Gasteiger partial charge in [0.1, 0.15) is 0 Å². The zero-order valence-corrected chi connectivity index (χ0v) is 15.4. The fourth-order valence-electron chi connectivity index (χ4n) is 4.16. The fraction of sp³-hybridized carbons (Fsp3) is 0.650. The van der Waals surface area contributed by atoms with Crippen LogP contribution in [0.4, 0.5) is 5.69 Å². The van der Waals surface area contributed by atoms with Crippen molar-refractivity contribution in [3.8, 4) is 0 Å². The Morgan fingerprint density at radius 2 is 1.83 bits per heavy atom. The number of nitrogens with zero attached hydrogens (tertiary/aromatic N) is 3. The van der Waals surface area contributed by atoms with E-state index in [9.17, 15) is 4.79 Å². The second kappa shape index (κ2) is 7.56. The molecular formula is C20H31N3O. The summed E-state index contributed by atoms with van der Waals surface area (Å²) in [4.78, 5) is 20.2. The third kappa shape index (κ3) is 3.44. The Labute approximate surface area is 146 Å². The third-order valence-electron chi connectivity index (χ3n) is 5.53. The predicted octanol–water partition coefficient (Wildman–Crippen LogP) is 3.23. The SMILES string of the molecule is CC[C@@H]1CN(C(=O)c2ccccc2N2CCCC2)CCN1C(C)C. The summed E-state index contributed by atoms with van der Waals surface area (Å²) >= 11 is 0. The predicted molar refractivity (Wildman–Crippen MR) is 99.7 cm³/mol. The van der Waals surface area contributed by atoms with Crippen molar-refractivity contribution in [1.29, 1.82) is 0 Å². The van der Waals surface area contributed by atoms with Crippen LogP contribution < -0.4 is 4.90 Å². The summed E-state index contributed by atoms with van der Waals surface area (Å²) in [6, 6.07) is 9.18. The molecular weight excluding hydrogens is 298 g/mol. The second-order valence-corrected chi connectivity index (χ2v) is 7.36. The third-order valence-corrected chi connectivity index (χ3v) is 5.53. The second-order valence-electron chi connectivity index (χ2n) is 7.36. The van der Waals surface area contributed by atoms with Crippen molar-refractivity contribution < 1.29 is 4.79 Å². The summed E-state index contributed by atoms with van der Waals surface area (Å²) in [5.74, 6) is 0.208. The normalized spacial score (nSPS) is 22.4. The van der Waals surface area contributed by atoms with Gasteiger partial charge in [0.2, 0.25) is 0 Å². The number of carbonyl (C=O) groups is 1. The molecule has 24 heavy (non-hydrogen) atoms. The molecule has 0 saturated carbocycles. The number of piperazine rings is 1. The zero-order valence-electron chi connectivity index (χ0n) is 15.4. The molecule has 0 bridgehead atoms. The van der Waals surface area contributed by atoms with E-state index in [1.165, 1.54) is 12.8 Å². The van der Waals surface area contributed by atoms with Crippen LogP contribution in [0.15, 0.2) is 24.3 Å². The van der Waals surface area contributed by atoms with Crippen LogP contribution in [0.5, 0.6) is 0 Å². The number of rotatable bonds is 4. The largest absolute Gasteiger partial charge is 0.371 e. The number of benzene rings is 1. The molecule has 1 aromatic carbocycles. The number of amides is 1. The van der Waals surface area contributed by atoms with Gasteiger partial charge >= 0.3 is 0 Å². The van der Waals surface area contributed by atoms with Crippen LogP contribution >= 0.6 is 0 Å². The van der Waals surface area contributed by atoms with Crippen molar-refractivity contribution in [2.75, 3.05) is 37.6 Å². The van der Waals surface area contributed by atoms with E-state index < -0.39 is 0 Å². The van der Waals surface area contributed by atoms with Gasteiger partial charge in [-0.05, 0) is 45.2 Å². The van der Waals surface area contributed by atoms with Gasteiger partial charge in [0.05, 0.1) is 5.56 Å². The lowest BCUT2D eigenvalue weighted by Crippen LogP contribution is -2.56. The Hall–Kier alpha value is -1.55. The molecule has 0 radical (unpaired) electrons. The smallest absolute Gasteiger partial charge is 0.256 e. The first kappa shape index (κ1) is 17.3. The summed E-state index contributed by atoms with van der Waals surface area (Å²) in [6.07, 6.45) is 3.55. The minimum Gasteiger partial charge on any atom is -0.371 e. The van der Waals surface area contributed by atoms with E-state index in [-0.39, 0.29) is 5.91 Å². The molecule has 1 aromatic rings. The number of hydrogen-bond donors (Lipinski definition) is 0. The van der Waals surface area contributed by atoms with Crippen LogP contribution in [0, 0.1) is 0 Å². The number of anilines is 1. The number of carbonyl (C=O) groups excluding carboxylic acids is 1. The summed E-state index contributed by atoms with van der Waals surface area (Å²) in [5, 5.41) is 0. The van der Waals surface area contributed by atoms with Crippen molar-refractivity contribution in [2.45, 2.75) is 52.1 Å². The molecule has 1 atom stereocenters. The zero-order chi connectivity index (χ0) is 17.1. The molecule has 0 unspecified atom stereocenters. The number of para-hydroxylation sites is 1. The topological polar surface area (TPSA) is 26.8 Å². The molecule has 0 N–H and O–H groups in total. The minimum atomic E-state index is 0.208. The monoisotopic (exact) mass is 329 g/mol. The van der Waals surface area contributed by atoms with Crippen molar-refractivity contribution in [2.24, 2.45) is 0 Å². The molecule has 132 valence electrons. The molecule has 4 heteroatoms. The highest BCUT2D eigenvalue weighted by Gasteiger charge is 2.31. The van der Waals surface area contributed by atoms with Crippen LogP contribution in [0.2, 0.25) is 0 Å². The van der Waals surface area contributed by atoms with E-state index in [1.54, 1.807) is 0 Å². The van der Waals surface area contributed by atoms with E-state index in [4.69, 9.17) is 0 Å². The lowest BCUT2D eigenvalue weighted by atomic mass is 10.0. The fourth-order valence-corrected chi connectivity index (χ4v) is 4.16. The molecule has 4 nitrogen and oxygen atoms in total. The van der Waals surface area contributed by atoms with E-state index in [0.29, 0.717) is 12.1 Å². The quantitative estimate of drug-likeness (QED) is 0.848. The first-order chi connectivity index (χ1) is 11.6. The van der Waals surface area contributed by atoms with Crippen molar-refractivity contribution in [1.82, 2.24) is 9.80 Å². The molecule has 3 rings (SSSR count). The summed E-state index contributed by atoms with van der Waals surface area (Å²) < 4.78 is 0. The lowest BCUT2D eigenvalue weighted by Gasteiger charge is -2.43. The van der Waals surface area contributed by atoms with Gasteiger partial charge in [-0.1, -0.05) is 19.1 Å². The molecule has 1 amide bonds. The summed E-state index contributed by atoms with van der Waals surface area (Å²) in [5.41, 5.74) is 2.01. The molecule has 2 saturated heterocycles. The van der Waals surface area contributed by atoms with E-state index in [2.05, 4.69) is 47.6 Å². The van der Waals surface area contributed by atoms with Gasteiger partial charge in [0, 0.05) is 50.5 Å². The Morgan fingerprint density at radius 1 is 1.12 bits per heavy atom. The van der Waals surface area contributed by atoms with Gasteiger partial charge in [-0.2, -0.15) is 0 Å². The maximum atomic E-state index is 13.2. The van der Waals surface area contributed by atoms with E-state index in [1.807, 2.05) is 12.1 Å². The van der Waals surface area contributed by atoms with Gasteiger partial charge in [-0.15, -0.1) is 0 Å². The highest BCUT2D eigenvalue weighted by molar-refractivity contribution is 6.00. The van der Waals surface area contributed by atoms with Crippen LogP contribution in [0.25, 0.3) is 0 Å². The molecule has 2 heterocycles. The van der Waals surface area contributed by atoms with E-state index in [0.717, 1.165) is 50.4 Å². The van der Waals surface area contributed by atoms with Crippen molar-refractivity contribution >= 4 is 11.6 Å². The maximum Gasteiger partial charge on any atom is 0.256 e. The Balaban J connectivity index is 1.77. The standard InChI is InChI=1S/C20H31N3O/c1-4-17-15-22(13-14-23(17)16(2)3)20(24)18-9-5-6-10-19(18)21-11-7-8-12-21/h5-6,9-10,16-17H,4,7-8,11-15H2,1-3H3/t17-/m1/s1. The first-order valence-corrected chi connectivity index (χ1v) is 9.50. The van der Waals surface area contributed by atoms with Crippen molar-refractivity contribution in [3.63, 3.8) is 0 Å². The molecule has 0 spiro atoms. The maximum absolute atomic E-state index is 13.2. The lowest BCUT2D eigenvalue weighted by molar-refractivity contribution is 0.0372. The highest BCUT2D eigenvalue weighted by atomic mass is 16.2. The minimum absolute atomic E-state index is 0.208. The van der Waals surface area contributed by atoms with Gasteiger partial charge in [0.25, 0.3) is 5.91 Å². The molecule has 0 aromatic heterocycles. The molecule has 0 aliphatic carbocycles. The van der Waals surface area contributed by atoms with Gasteiger partial charge < -0.3 is 9.80 Å². The molecule has 2 aliphatic heterocycles. The van der Waals surface area contributed by atoms with Gasteiger partial charge in [0.15, 0.2) is 0 Å². The van der Waals surface area contributed by atoms with Gasteiger partial charge in [-0.3, -0.25) is 9.69 Å². The summed E-state index contributed by atoms with van der Waals surface area (Å²) in [7, 11) is 0. The summed E-state index contributed by atoms with van der Waals surface area (Å²) in [6.45, 7) is 11.5. The highest BCUT2D eigenvalue weighted by Crippen LogP contribution is 2.27. The number of hydrogen-bond acceptors (Lipinski definition) is 3. The van der Waals surface area contributed by atoms with Crippen LogP contribution in [-0.4, -0.2) is 60.5 Å². The average molecular weight is 329 g/mol. The van der Waals surface area contributed by atoms with Crippen LogP contribution in [0.1, 0.15) is 50.4 Å². The van der Waals surface area contributed by atoms with Gasteiger partial charge in [-0.25, -0.2) is 0 Å². The molecule has 2 aliphatic rings.